The molecule has 1 N–H and O–H groups in total. The number of ether oxygens (including phenoxy) is 1. The van der Waals surface area contributed by atoms with Crippen molar-refractivity contribution in [3.8, 4) is 23.8 Å². The van der Waals surface area contributed by atoms with Gasteiger partial charge in [-0.15, -0.1) is 0 Å². The van der Waals surface area contributed by atoms with Crippen molar-refractivity contribution in [2.24, 2.45) is 0 Å². The molecule has 1 aromatic heterocycles. The van der Waals surface area contributed by atoms with E-state index in [0.717, 1.165) is 36.3 Å². The number of likely N-dealkylation sites (tertiary alicyclic amines) is 1. The van der Waals surface area contributed by atoms with Crippen molar-refractivity contribution < 1.29 is 14.6 Å². The maximum Gasteiger partial charge on any atom is 0.246 e. The molecular formula is C29H33N7O3. The molecule has 202 valence electrons. The van der Waals surface area contributed by atoms with Crippen LogP contribution in [-0.2, 0) is 17.8 Å². The third-order valence-electron chi connectivity index (χ3n) is 8.01. The van der Waals surface area contributed by atoms with Gasteiger partial charge in [-0.1, -0.05) is 6.58 Å². The van der Waals surface area contributed by atoms with Gasteiger partial charge in [0.25, 0.3) is 0 Å². The number of anilines is 2. The topological polar surface area (TPSA) is 120 Å². The van der Waals surface area contributed by atoms with Crippen LogP contribution >= 0.6 is 0 Å². The number of pyridine rings is 1. The standard InChI is InChI=1S/C29H33N7O3/c1-3-27(38)34-11-13-35(14-12-34)28-23-8-10-36(26-15-22(37)7-6-20(26)16-30)18-25(23)32-29(24(28)17-31)39-19-21-5-4-9-33(21)2/h3,6-7,15,21,37H,1,4-5,8-14,18-19H2,2H3/t21-/m0/s1. The van der Waals surface area contributed by atoms with Crippen molar-refractivity contribution in [2.75, 3.05) is 62.7 Å². The number of piperazine rings is 1. The zero-order valence-electron chi connectivity index (χ0n) is 22.3. The Morgan fingerprint density at radius 2 is 1.97 bits per heavy atom. The van der Waals surface area contributed by atoms with Crippen LogP contribution < -0.4 is 14.5 Å². The van der Waals surface area contributed by atoms with Gasteiger partial charge >= 0.3 is 0 Å². The molecule has 1 amide bonds. The van der Waals surface area contributed by atoms with E-state index in [1.807, 2.05) is 4.90 Å². The number of phenolic OH excluding ortho intramolecular Hbond substituents is 1. The van der Waals surface area contributed by atoms with Gasteiger partial charge in [-0.3, -0.25) is 4.79 Å². The molecule has 39 heavy (non-hydrogen) atoms. The minimum Gasteiger partial charge on any atom is -0.508 e. The number of fused-ring (bicyclic) bond motifs is 1. The Morgan fingerprint density at radius 3 is 2.64 bits per heavy atom. The number of nitrogens with zero attached hydrogens (tertiary/aromatic N) is 7. The fourth-order valence-electron chi connectivity index (χ4n) is 5.82. The molecule has 4 heterocycles. The number of rotatable bonds is 6. The number of hydrogen-bond donors (Lipinski definition) is 1. The first-order chi connectivity index (χ1) is 18.9. The van der Waals surface area contributed by atoms with Crippen LogP contribution in [0.2, 0.25) is 0 Å². The Morgan fingerprint density at radius 1 is 1.18 bits per heavy atom. The summed E-state index contributed by atoms with van der Waals surface area (Å²) in [7, 11) is 2.09. The molecule has 0 saturated carbocycles. The van der Waals surface area contributed by atoms with Crippen molar-refractivity contribution in [2.45, 2.75) is 31.8 Å². The Labute approximate surface area is 228 Å². The normalized spacial score (nSPS) is 19.3. The van der Waals surface area contributed by atoms with Crippen LogP contribution in [0.3, 0.4) is 0 Å². The molecule has 3 aliphatic heterocycles. The number of aromatic hydroxyl groups is 1. The predicted molar refractivity (Wildman–Crippen MR) is 147 cm³/mol. The van der Waals surface area contributed by atoms with Crippen molar-refractivity contribution in [3.05, 3.63) is 53.2 Å². The lowest BCUT2D eigenvalue weighted by atomic mass is 9.97. The quantitative estimate of drug-likeness (QED) is 0.565. The second kappa shape index (κ2) is 11.2. The largest absolute Gasteiger partial charge is 0.508 e. The zero-order valence-corrected chi connectivity index (χ0v) is 22.3. The van der Waals surface area contributed by atoms with Gasteiger partial charge in [0.05, 0.1) is 29.2 Å². The lowest BCUT2D eigenvalue weighted by Crippen LogP contribution is -2.49. The number of aromatic nitrogens is 1. The molecule has 0 spiro atoms. The maximum absolute atomic E-state index is 12.2. The van der Waals surface area contributed by atoms with E-state index in [9.17, 15) is 20.4 Å². The molecule has 3 aliphatic rings. The molecular weight excluding hydrogens is 494 g/mol. The number of carbonyl (C=O) groups excluding carboxylic acids is 1. The smallest absolute Gasteiger partial charge is 0.246 e. The van der Waals surface area contributed by atoms with Gasteiger partial charge in [0, 0.05) is 50.4 Å². The average molecular weight is 528 g/mol. The minimum atomic E-state index is -0.0910. The van der Waals surface area contributed by atoms with Crippen LogP contribution in [-0.4, -0.2) is 84.8 Å². The molecule has 2 fully saturated rings. The summed E-state index contributed by atoms with van der Waals surface area (Å²) < 4.78 is 6.27. The first-order valence-electron chi connectivity index (χ1n) is 13.4. The number of amides is 1. The van der Waals surface area contributed by atoms with Crippen molar-refractivity contribution in [3.63, 3.8) is 0 Å². The second-order valence-corrected chi connectivity index (χ2v) is 10.3. The maximum atomic E-state index is 12.2. The Hall–Kier alpha value is -4.28. The minimum absolute atomic E-state index is 0.0910. The molecule has 2 saturated heterocycles. The molecule has 10 heteroatoms. The molecule has 10 nitrogen and oxygen atoms in total. The van der Waals surface area contributed by atoms with Crippen LogP contribution in [0.25, 0.3) is 0 Å². The van der Waals surface area contributed by atoms with E-state index in [-0.39, 0.29) is 17.7 Å². The van der Waals surface area contributed by atoms with E-state index in [1.54, 1.807) is 17.0 Å². The number of hydrogen-bond acceptors (Lipinski definition) is 9. The molecule has 0 radical (unpaired) electrons. The van der Waals surface area contributed by atoms with Gasteiger partial charge in [-0.05, 0) is 51.1 Å². The van der Waals surface area contributed by atoms with Gasteiger partial charge in [-0.2, -0.15) is 10.5 Å². The van der Waals surface area contributed by atoms with E-state index in [4.69, 9.17) is 9.72 Å². The summed E-state index contributed by atoms with van der Waals surface area (Å²) in [5.74, 6) is 0.334. The van der Waals surface area contributed by atoms with Crippen LogP contribution in [0, 0.1) is 22.7 Å². The first kappa shape index (κ1) is 26.3. The number of carbonyl (C=O) groups is 1. The van der Waals surface area contributed by atoms with E-state index in [0.29, 0.717) is 75.0 Å². The van der Waals surface area contributed by atoms with Crippen LogP contribution in [0.5, 0.6) is 11.6 Å². The second-order valence-electron chi connectivity index (χ2n) is 10.3. The Kier molecular flexibility index (Phi) is 7.58. The molecule has 0 unspecified atom stereocenters. The molecule has 0 bridgehead atoms. The summed E-state index contributed by atoms with van der Waals surface area (Å²) in [5.41, 5.74) is 4.19. The monoisotopic (exact) mass is 527 g/mol. The van der Waals surface area contributed by atoms with Gasteiger partial charge in [-0.25, -0.2) is 4.98 Å². The van der Waals surface area contributed by atoms with Gasteiger partial charge < -0.3 is 29.4 Å². The van der Waals surface area contributed by atoms with Gasteiger partial charge in [0.15, 0.2) is 0 Å². The number of likely N-dealkylation sites (N-methyl/N-ethyl adjacent to an activating group) is 1. The summed E-state index contributed by atoms with van der Waals surface area (Å²) in [5, 5.41) is 30.1. The van der Waals surface area contributed by atoms with Crippen LogP contribution in [0.1, 0.15) is 35.2 Å². The van der Waals surface area contributed by atoms with E-state index >= 15 is 0 Å². The molecule has 2 aromatic rings. The summed E-state index contributed by atoms with van der Waals surface area (Å²) in [6, 6.07) is 9.61. The van der Waals surface area contributed by atoms with Crippen molar-refractivity contribution in [1.82, 2.24) is 14.8 Å². The summed E-state index contributed by atoms with van der Waals surface area (Å²) in [6.07, 6.45) is 4.11. The third kappa shape index (κ3) is 5.21. The fourth-order valence-corrected chi connectivity index (χ4v) is 5.82. The first-order valence-corrected chi connectivity index (χ1v) is 13.4. The lowest BCUT2D eigenvalue weighted by Gasteiger charge is -2.39. The highest BCUT2D eigenvalue weighted by atomic mass is 16.5. The third-order valence-corrected chi connectivity index (χ3v) is 8.01. The van der Waals surface area contributed by atoms with E-state index in [1.165, 1.54) is 12.1 Å². The molecule has 1 atom stereocenters. The van der Waals surface area contributed by atoms with Gasteiger partial charge in [0.1, 0.15) is 30.1 Å². The highest BCUT2D eigenvalue weighted by molar-refractivity contribution is 5.87. The number of phenols is 1. The van der Waals surface area contributed by atoms with Crippen molar-refractivity contribution in [1.29, 1.82) is 10.5 Å². The lowest BCUT2D eigenvalue weighted by molar-refractivity contribution is -0.126. The SMILES string of the molecule is C=CC(=O)N1CCN(c2c(C#N)c(OC[C@@H]3CCCN3C)nc3c2CCN(c2cc(O)ccc2C#N)C3)CC1. The zero-order chi connectivity index (χ0) is 27.5. The predicted octanol–water partition coefficient (Wildman–Crippen LogP) is 2.40. The number of benzene rings is 1. The Balaban J connectivity index is 1.51. The van der Waals surface area contributed by atoms with Gasteiger partial charge in [0.2, 0.25) is 11.8 Å². The molecule has 5 rings (SSSR count). The Bertz CT molecular complexity index is 1350. The molecule has 1 aromatic carbocycles. The summed E-state index contributed by atoms with van der Waals surface area (Å²) in [4.78, 5) is 25.3. The van der Waals surface area contributed by atoms with E-state index < -0.39 is 0 Å². The summed E-state index contributed by atoms with van der Waals surface area (Å²) >= 11 is 0. The number of nitriles is 2. The van der Waals surface area contributed by atoms with E-state index in [2.05, 4.69) is 35.6 Å². The highest BCUT2D eigenvalue weighted by Crippen LogP contribution is 2.39. The van der Waals surface area contributed by atoms with Crippen molar-refractivity contribution >= 4 is 17.3 Å². The summed E-state index contributed by atoms with van der Waals surface area (Å²) in [6.45, 7) is 8.35. The highest BCUT2D eigenvalue weighted by Gasteiger charge is 2.32. The average Bonchev–Trinajstić information content (AvgIpc) is 3.38. The molecule has 0 aliphatic carbocycles. The van der Waals surface area contributed by atoms with Crippen LogP contribution in [0.4, 0.5) is 11.4 Å². The fraction of sp³-hybridized carbons (Fsp3) is 0.448. The van der Waals surface area contributed by atoms with Crippen LogP contribution in [0.15, 0.2) is 30.9 Å².